The standard InChI is InChI=1S/C14H13NO2/c1-3-4-12(15)11-8-10-6-5-9(2)7-13(10)17-14(11)16/h3-8H,1,15H2,2H3/b12-4-. The molecule has 0 amide bonds. The summed E-state index contributed by atoms with van der Waals surface area (Å²) in [4.78, 5) is 11.7. The van der Waals surface area contributed by atoms with Gasteiger partial charge in [0.2, 0.25) is 0 Å². The summed E-state index contributed by atoms with van der Waals surface area (Å²) >= 11 is 0. The van der Waals surface area contributed by atoms with Crippen molar-refractivity contribution in [2.45, 2.75) is 6.92 Å². The third kappa shape index (κ3) is 2.13. The van der Waals surface area contributed by atoms with Crippen molar-refractivity contribution in [2.75, 3.05) is 0 Å². The van der Waals surface area contributed by atoms with Gasteiger partial charge in [0, 0.05) is 11.1 Å². The van der Waals surface area contributed by atoms with Gasteiger partial charge in [-0.1, -0.05) is 24.8 Å². The molecule has 0 saturated heterocycles. The van der Waals surface area contributed by atoms with Crippen molar-refractivity contribution >= 4 is 16.7 Å². The molecule has 1 aromatic heterocycles. The molecular formula is C14H13NO2. The second-order valence-electron chi connectivity index (χ2n) is 3.85. The van der Waals surface area contributed by atoms with E-state index in [0.717, 1.165) is 10.9 Å². The first-order valence-corrected chi connectivity index (χ1v) is 5.25. The van der Waals surface area contributed by atoms with Crippen LogP contribution in [0.25, 0.3) is 16.7 Å². The van der Waals surface area contributed by atoms with Gasteiger partial charge in [0.15, 0.2) is 0 Å². The number of allylic oxidation sites excluding steroid dienone is 2. The van der Waals surface area contributed by atoms with Gasteiger partial charge in [-0.2, -0.15) is 0 Å². The van der Waals surface area contributed by atoms with Crippen LogP contribution in [0, 0.1) is 6.92 Å². The molecule has 3 nitrogen and oxygen atoms in total. The summed E-state index contributed by atoms with van der Waals surface area (Å²) in [5, 5.41) is 0.852. The second kappa shape index (κ2) is 4.29. The molecule has 1 aromatic carbocycles. The summed E-state index contributed by atoms with van der Waals surface area (Å²) in [5.41, 5.74) is 7.66. The first-order valence-electron chi connectivity index (χ1n) is 5.25. The van der Waals surface area contributed by atoms with Gasteiger partial charge in [-0.25, -0.2) is 4.79 Å². The number of rotatable bonds is 2. The Morgan fingerprint density at radius 1 is 1.41 bits per heavy atom. The topological polar surface area (TPSA) is 56.2 Å². The molecule has 1 heterocycles. The predicted molar refractivity (Wildman–Crippen MR) is 69.6 cm³/mol. The molecule has 17 heavy (non-hydrogen) atoms. The molecule has 0 atom stereocenters. The summed E-state index contributed by atoms with van der Waals surface area (Å²) in [6.07, 6.45) is 3.11. The molecule has 86 valence electrons. The molecule has 0 fully saturated rings. The monoisotopic (exact) mass is 227 g/mol. The van der Waals surface area contributed by atoms with Crippen molar-refractivity contribution in [3.05, 3.63) is 64.5 Å². The van der Waals surface area contributed by atoms with E-state index in [9.17, 15) is 4.79 Å². The SMILES string of the molecule is C=C/C=C(\N)c1cc2ccc(C)cc2oc1=O. The minimum Gasteiger partial charge on any atom is -0.422 e. The van der Waals surface area contributed by atoms with Crippen LogP contribution >= 0.6 is 0 Å². The zero-order chi connectivity index (χ0) is 12.4. The average molecular weight is 227 g/mol. The zero-order valence-corrected chi connectivity index (χ0v) is 9.57. The molecule has 2 aromatic rings. The van der Waals surface area contributed by atoms with E-state index >= 15 is 0 Å². The Balaban J connectivity index is 2.72. The molecule has 2 N–H and O–H groups in total. The molecule has 0 spiro atoms. The van der Waals surface area contributed by atoms with Crippen LogP contribution in [-0.2, 0) is 0 Å². The number of hydrogen-bond donors (Lipinski definition) is 1. The van der Waals surface area contributed by atoms with E-state index in [-0.39, 0.29) is 0 Å². The number of fused-ring (bicyclic) bond motifs is 1. The van der Waals surface area contributed by atoms with Crippen molar-refractivity contribution in [1.82, 2.24) is 0 Å². The maximum atomic E-state index is 11.7. The van der Waals surface area contributed by atoms with Crippen LogP contribution < -0.4 is 11.4 Å². The summed E-state index contributed by atoms with van der Waals surface area (Å²) in [6, 6.07) is 7.42. The van der Waals surface area contributed by atoms with Crippen molar-refractivity contribution in [1.29, 1.82) is 0 Å². The van der Waals surface area contributed by atoms with Crippen molar-refractivity contribution in [2.24, 2.45) is 5.73 Å². The van der Waals surface area contributed by atoms with E-state index in [0.29, 0.717) is 16.8 Å². The van der Waals surface area contributed by atoms with Gasteiger partial charge in [0.05, 0.1) is 5.56 Å². The maximum Gasteiger partial charge on any atom is 0.345 e. The van der Waals surface area contributed by atoms with Crippen LogP contribution in [-0.4, -0.2) is 0 Å². The zero-order valence-electron chi connectivity index (χ0n) is 9.57. The predicted octanol–water partition coefficient (Wildman–Crippen LogP) is 2.59. The fourth-order valence-corrected chi connectivity index (χ4v) is 1.64. The molecule has 2 rings (SSSR count). The van der Waals surface area contributed by atoms with Crippen molar-refractivity contribution < 1.29 is 4.42 Å². The fourth-order valence-electron chi connectivity index (χ4n) is 1.64. The Morgan fingerprint density at radius 3 is 2.88 bits per heavy atom. The fraction of sp³-hybridized carbons (Fsp3) is 0.0714. The Morgan fingerprint density at radius 2 is 2.18 bits per heavy atom. The highest BCUT2D eigenvalue weighted by Crippen LogP contribution is 2.17. The van der Waals surface area contributed by atoms with Crippen molar-refractivity contribution in [3.63, 3.8) is 0 Å². The van der Waals surface area contributed by atoms with Crippen molar-refractivity contribution in [3.8, 4) is 0 Å². The Hall–Kier alpha value is -2.29. The third-order valence-electron chi connectivity index (χ3n) is 2.50. The quantitative estimate of drug-likeness (QED) is 0.633. The highest BCUT2D eigenvalue weighted by atomic mass is 16.4. The van der Waals surface area contributed by atoms with Gasteiger partial charge in [-0.15, -0.1) is 0 Å². The number of hydrogen-bond acceptors (Lipinski definition) is 3. The first kappa shape index (κ1) is 11.2. The molecule has 3 heteroatoms. The summed E-state index contributed by atoms with van der Waals surface area (Å²) in [7, 11) is 0. The smallest absolute Gasteiger partial charge is 0.345 e. The lowest BCUT2D eigenvalue weighted by molar-refractivity contribution is 0.558. The van der Waals surface area contributed by atoms with Crippen LogP contribution in [0.1, 0.15) is 11.1 Å². The largest absolute Gasteiger partial charge is 0.422 e. The van der Waals surface area contributed by atoms with E-state index in [1.54, 1.807) is 12.1 Å². The summed E-state index contributed by atoms with van der Waals surface area (Å²) in [6.45, 7) is 5.48. The molecular weight excluding hydrogens is 214 g/mol. The van der Waals surface area contributed by atoms with Gasteiger partial charge in [-0.05, 0) is 30.7 Å². The number of benzene rings is 1. The van der Waals surface area contributed by atoms with Crippen LogP contribution in [0.4, 0.5) is 0 Å². The lowest BCUT2D eigenvalue weighted by Crippen LogP contribution is -2.10. The first-order chi connectivity index (χ1) is 8.11. The Kier molecular flexibility index (Phi) is 2.83. The van der Waals surface area contributed by atoms with E-state index < -0.39 is 5.63 Å². The highest BCUT2D eigenvalue weighted by Gasteiger charge is 2.07. The summed E-state index contributed by atoms with van der Waals surface area (Å²) in [5.74, 6) is 0. The lowest BCUT2D eigenvalue weighted by Gasteiger charge is -2.02. The third-order valence-corrected chi connectivity index (χ3v) is 2.50. The lowest BCUT2D eigenvalue weighted by atomic mass is 10.1. The Labute approximate surface area is 98.9 Å². The molecule has 0 aliphatic carbocycles. The maximum absolute atomic E-state index is 11.7. The molecule has 0 saturated carbocycles. The van der Waals surface area contributed by atoms with E-state index in [2.05, 4.69) is 6.58 Å². The molecule has 0 bridgehead atoms. The van der Waals surface area contributed by atoms with Crippen LogP contribution in [0.3, 0.4) is 0 Å². The van der Waals surface area contributed by atoms with Gasteiger partial charge in [0.25, 0.3) is 0 Å². The Bertz CT molecular complexity index is 665. The molecule has 0 unspecified atom stereocenters. The summed E-state index contributed by atoms with van der Waals surface area (Å²) < 4.78 is 5.23. The second-order valence-corrected chi connectivity index (χ2v) is 3.85. The van der Waals surface area contributed by atoms with E-state index in [1.807, 2.05) is 25.1 Å². The van der Waals surface area contributed by atoms with E-state index in [4.69, 9.17) is 10.2 Å². The van der Waals surface area contributed by atoms with Gasteiger partial charge >= 0.3 is 5.63 Å². The van der Waals surface area contributed by atoms with Gasteiger partial charge < -0.3 is 10.2 Å². The average Bonchev–Trinajstić information content (AvgIpc) is 2.28. The molecule has 0 radical (unpaired) electrons. The van der Waals surface area contributed by atoms with Gasteiger partial charge in [0.1, 0.15) is 5.58 Å². The van der Waals surface area contributed by atoms with Crippen LogP contribution in [0.2, 0.25) is 0 Å². The highest BCUT2D eigenvalue weighted by molar-refractivity contribution is 5.81. The van der Waals surface area contributed by atoms with E-state index in [1.165, 1.54) is 6.08 Å². The number of nitrogens with two attached hydrogens (primary N) is 1. The van der Waals surface area contributed by atoms with Gasteiger partial charge in [-0.3, -0.25) is 0 Å². The minimum atomic E-state index is -0.432. The molecule has 0 aliphatic rings. The normalized spacial score (nSPS) is 11.7. The number of aryl methyl sites for hydroxylation is 1. The molecule has 0 aliphatic heterocycles. The van der Waals surface area contributed by atoms with Crippen LogP contribution in [0.5, 0.6) is 0 Å². The minimum absolute atomic E-state index is 0.358. The van der Waals surface area contributed by atoms with Crippen LogP contribution in [0.15, 0.2) is 52.2 Å².